The van der Waals surface area contributed by atoms with Crippen LogP contribution in [0, 0.1) is 41.0 Å². The number of hydrogen-bond acceptors (Lipinski definition) is 8. The highest BCUT2D eigenvalue weighted by Gasteiger charge is 2.20. The van der Waals surface area contributed by atoms with Crippen molar-refractivity contribution < 1.29 is 14.6 Å². The van der Waals surface area contributed by atoms with Crippen LogP contribution < -0.4 is 4.74 Å². The molecule has 0 aliphatic rings. The fourth-order valence-electron chi connectivity index (χ4n) is 3.71. The van der Waals surface area contributed by atoms with Gasteiger partial charge in [0, 0.05) is 40.5 Å². The third kappa shape index (κ3) is 8.17. The summed E-state index contributed by atoms with van der Waals surface area (Å²) < 4.78 is 6.15. The van der Waals surface area contributed by atoms with Gasteiger partial charge in [-0.1, -0.05) is 18.2 Å². The summed E-state index contributed by atoms with van der Waals surface area (Å²) in [5.41, 5.74) is 4.14. The zero-order chi connectivity index (χ0) is 28.6. The first-order chi connectivity index (χ1) is 19.2. The van der Waals surface area contributed by atoms with E-state index in [2.05, 4.69) is 0 Å². The maximum Gasteiger partial charge on any atom is 0.269 e. The maximum atomic E-state index is 11.1. The van der Waals surface area contributed by atoms with Gasteiger partial charge in [-0.2, -0.15) is 0 Å². The van der Waals surface area contributed by atoms with Gasteiger partial charge < -0.3 is 4.74 Å². The van der Waals surface area contributed by atoms with Crippen molar-refractivity contribution in [2.24, 2.45) is 4.99 Å². The molecule has 0 N–H and O–H groups in total. The molecule has 0 spiro atoms. The van der Waals surface area contributed by atoms with Gasteiger partial charge in [0.15, 0.2) is 5.90 Å². The summed E-state index contributed by atoms with van der Waals surface area (Å²) in [6.45, 7) is 6.07. The van der Waals surface area contributed by atoms with Crippen molar-refractivity contribution in [1.82, 2.24) is 0 Å². The van der Waals surface area contributed by atoms with Crippen LogP contribution in [-0.4, -0.2) is 20.3 Å². The highest BCUT2D eigenvalue weighted by Crippen LogP contribution is 2.39. The van der Waals surface area contributed by atoms with Crippen LogP contribution in [0.5, 0.6) is 5.75 Å². The monoisotopic (exact) mass is 573 g/mol. The Hall–Kier alpha value is -4.15. The molecule has 4 aromatic carbocycles. The van der Waals surface area contributed by atoms with Crippen LogP contribution in [-0.2, 0) is 0 Å². The Bertz CT molecular complexity index is 1480. The molecule has 204 valence electrons. The molecule has 0 heterocycles. The summed E-state index contributed by atoms with van der Waals surface area (Å²) in [5, 5.41) is 22.3. The number of rotatable bonds is 10. The van der Waals surface area contributed by atoms with Gasteiger partial charge in [0.1, 0.15) is 5.75 Å². The number of nitro benzene ring substituents is 2. The van der Waals surface area contributed by atoms with Crippen LogP contribution in [0.1, 0.15) is 23.1 Å². The molecule has 8 nitrogen and oxygen atoms in total. The molecule has 4 aromatic rings. The predicted molar refractivity (Wildman–Crippen MR) is 161 cm³/mol. The molecule has 0 fully saturated rings. The lowest BCUT2D eigenvalue weighted by Crippen LogP contribution is -2.14. The molecule has 0 saturated heterocycles. The largest absolute Gasteiger partial charge is 0.443 e. The maximum absolute atomic E-state index is 11.1. The zero-order valence-corrected chi connectivity index (χ0v) is 23.8. The van der Waals surface area contributed by atoms with Crippen LogP contribution in [0.2, 0.25) is 0 Å². The summed E-state index contributed by atoms with van der Waals surface area (Å²) in [6, 6.07) is 26.5. The van der Waals surface area contributed by atoms with Crippen LogP contribution >= 0.6 is 23.5 Å². The fourth-order valence-corrected chi connectivity index (χ4v) is 6.22. The number of thioether (sulfide) groups is 2. The Kier molecular flexibility index (Phi) is 9.57. The standard InChI is InChI=1S/C30H27N3O5S2/c1-20-5-4-6-26(17-20)38-29(31-23-8-7-21(2)22(3)18-23)19-30(39-27-13-9-24(10-14-27)32(34)35)40-28-15-11-25(12-16-28)33(36)37/h4-18,30H,19H2,1-3H3/b31-29-. The Morgan fingerprint density at radius 2 is 1.35 bits per heavy atom. The molecular weight excluding hydrogens is 546 g/mol. The molecular formula is C30H27N3O5S2. The molecule has 0 saturated carbocycles. The van der Waals surface area contributed by atoms with Crippen molar-refractivity contribution in [3.05, 3.63) is 128 Å². The van der Waals surface area contributed by atoms with E-state index in [1.54, 1.807) is 24.3 Å². The first-order valence-electron chi connectivity index (χ1n) is 12.4. The lowest BCUT2D eigenvalue weighted by molar-refractivity contribution is -0.385. The molecule has 4 rings (SSSR count). The molecule has 0 amide bonds. The SMILES string of the molecule is Cc1cccc(O/C(CC(Sc2ccc([N+](=O)[O-])cc2)Sc2ccc([N+](=O)[O-])cc2)=N\c2ccc(C)c(C)c2)c1. The third-order valence-electron chi connectivity index (χ3n) is 5.94. The van der Waals surface area contributed by atoms with Gasteiger partial charge in [0.25, 0.3) is 11.4 Å². The van der Waals surface area contributed by atoms with Crippen molar-refractivity contribution in [3.8, 4) is 5.75 Å². The van der Waals surface area contributed by atoms with Gasteiger partial charge in [-0.15, -0.1) is 23.5 Å². The summed E-state index contributed by atoms with van der Waals surface area (Å²) in [4.78, 5) is 27.9. The topological polar surface area (TPSA) is 108 Å². The average Bonchev–Trinajstić information content (AvgIpc) is 2.91. The number of aliphatic imine (C=N–C) groups is 1. The Labute approximate surface area is 240 Å². The second-order valence-corrected chi connectivity index (χ2v) is 11.9. The molecule has 0 bridgehead atoms. The molecule has 0 aliphatic heterocycles. The second kappa shape index (κ2) is 13.3. The van der Waals surface area contributed by atoms with Gasteiger partial charge in [0.05, 0.1) is 20.1 Å². The summed E-state index contributed by atoms with van der Waals surface area (Å²) in [7, 11) is 0. The van der Waals surface area contributed by atoms with Crippen molar-refractivity contribution in [1.29, 1.82) is 0 Å². The van der Waals surface area contributed by atoms with Crippen molar-refractivity contribution in [2.45, 2.75) is 41.6 Å². The Balaban J connectivity index is 1.68. The lowest BCUT2D eigenvalue weighted by Gasteiger charge is -2.18. The van der Waals surface area contributed by atoms with E-state index in [9.17, 15) is 20.2 Å². The van der Waals surface area contributed by atoms with E-state index in [0.29, 0.717) is 18.1 Å². The van der Waals surface area contributed by atoms with Crippen LogP contribution in [0.15, 0.2) is 106 Å². The van der Waals surface area contributed by atoms with E-state index < -0.39 is 9.85 Å². The summed E-state index contributed by atoms with van der Waals surface area (Å²) in [6.07, 6.45) is 0.407. The molecule has 0 aliphatic carbocycles. The normalized spacial score (nSPS) is 11.4. The fraction of sp³-hybridized carbons (Fsp3) is 0.167. The van der Waals surface area contributed by atoms with Gasteiger partial charge in [0.2, 0.25) is 0 Å². The van der Waals surface area contributed by atoms with E-state index in [4.69, 9.17) is 9.73 Å². The number of non-ortho nitro benzene ring substituents is 2. The molecule has 0 aromatic heterocycles. The van der Waals surface area contributed by atoms with Crippen LogP contribution in [0.3, 0.4) is 0 Å². The molecule has 0 atom stereocenters. The number of benzene rings is 4. The van der Waals surface area contributed by atoms with Crippen molar-refractivity contribution in [3.63, 3.8) is 0 Å². The van der Waals surface area contributed by atoms with Crippen LogP contribution in [0.25, 0.3) is 0 Å². The van der Waals surface area contributed by atoms with Gasteiger partial charge in [-0.25, -0.2) is 4.99 Å². The average molecular weight is 574 g/mol. The minimum absolute atomic E-state index is 0.0173. The number of hydrogen-bond donors (Lipinski definition) is 0. The molecule has 0 radical (unpaired) electrons. The minimum atomic E-state index is -0.429. The number of nitrogens with zero attached hydrogens (tertiary/aromatic N) is 3. The number of ether oxygens (including phenoxy) is 1. The summed E-state index contributed by atoms with van der Waals surface area (Å²) >= 11 is 3.04. The van der Waals surface area contributed by atoms with Crippen LogP contribution in [0.4, 0.5) is 17.1 Å². The third-order valence-corrected chi connectivity index (χ3v) is 8.47. The molecule has 10 heteroatoms. The second-order valence-electron chi connectivity index (χ2n) is 9.06. The number of nitro groups is 2. The van der Waals surface area contributed by atoms with Gasteiger partial charge in [-0.05, 0) is 86.0 Å². The van der Waals surface area contributed by atoms with Gasteiger partial charge in [-0.3, -0.25) is 20.2 Å². The molecule has 40 heavy (non-hydrogen) atoms. The minimum Gasteiger partial charge on any atom is -0.443 e. The highest BCUT2D eigenvalue weighted by atomic mass is 32.2. The first kappa shape index (κ1) is 28.8. The quantitative estimate of drug-likeness (QED) is 0.0465. The Morgan fingerprint density at radius 1 is 0.775 bits per heavy atom. The van der Waals surface area contributed by atoms with E-state index in [1.165, 1.54) is 53.4 Å². The predicted octanol–water partition coefficient (Wildman–Crippen LogP) is 8.84. The van der Waals surface area contributed by atoms with E-state index >= 15 is 0 Å². The number of aryl methyl sites for hydroxylation is 3. The van der Waals surface area contributed by atoms with Gasteiger partial charge >= 0.3 is 0 Å². The lowest BCUT2D eigenvalue weighted by atomic mass is 10.1. The Morgan fingerprint density at radius 3 is 1.85 bits per heavy atom. The van der Waals surface area contributed by atoms with E-state index in [-0.39, 0.29) is 16.0 Å². The highest BCUT2D eigenvalue weighted by molar-refractivity contribution is 8.17. The summed E-state index contributed by atoms with van der Waals surface area (Å²) in [5.74, 6) is 1.17. The smallest absolute Gasteiger partial charge is 0.269 e. The zero-order valence-electron chi connectivity index (χ0n) is 22.1. The van der Waals surface area contributed by atoms with E-state index in [1.807, 2.05) is 63.2 Å². The van der Waals surface area contributed by atoms with E-state index in [0.717, 1.165) is 26.6 Å². The first-order valence-corrected chi connectivity index (χ1v) is 14.1. The molecule has 0 unspecified atom stereocenters. The van der Waals surface area contributed by atoms with Crippen molar-refractivity contribution in [2.75, 3.05) is 0 Å². The van der Waals surface area contributed by atoms with Crippen molar-refractivity contribution >= 4 is 46.5 Å².